The maximum Gasteiger partial charge on any atom is 0.296 e. The molecule has 0 amide bonds. The Morgan fingerprint density at radius 3 is 2.24 bits per heavy atom. The lowest BCUT2D eigenvalue weighted by atomic mass is 10.1. The number of anilines is 2. The fourth-order valence-corrected chi connectivity index (χ4v) is 6.84. The summed E-state index contributed by atoms with van der Waals surface area (Å²) in [6.07, 6.45) is -1.82. The van der Waals surface area contributed by atoms with E-state index in [2.05, 4.69) is 19.7 Å². The van der Waals surface area contributed by atoms with Crippen molar-refractivity contribution in [3.05, 3.63) is 24.0 Å². The van der Waals surface area contributed by atoms with Crippen LogP contribution in [0.3, 0.4) is 0 Å². The lowest BCUT2D eigenvalue weighted by Gasteiger charge is -2.33. The van der Waals surface area contributed by atoms with Crippen LogP contribution in [0.5, 0.6) is 5.75 Å². The van der Waals surface area contributed by atoms with Gasteiger partial charge in [-0.15, -0.1) is 0 Å². The second kappa shape index (κ2) is 12.6. The van der Waals surface area contributed by atoms with Gasteiger partial charge in [0.1, 0.15) is 11.3 Å². The van der Waals surface area contributed by atoms with Crippen LogP contribution in [0.25, 0.3) is 17.0 Å². The standard InChI is InChI=1S/C26H37F2N9O4S/c1-17(34(2)3)16-42(38,39)33-18-8-10-35(11-9-18)24-30-25(36-12-14-41-15-13-36)32-26(31-24)37-19-6-5-7-20(40-4)21(19)29-23(37)22(27)28/h5-7,17-18,22,33H,8-16H2,1-4H3. The molecule has 5 rings (SSSR count). The molecular formula is C26H37F2N9O4S. The second-order valence-corrected chi connectivity index (χ2v) is 12.5. The molecule has 0 radical (unpaired) electrons. The van der Waals surface area contributed by atoms with E-state index in [0.29, 0.717) is 75.4 Å². The number of nitrogens with zero attached hydrogens (tertiary/aromatic N) is 8. The summed E-state index contributed by atoms with van der Waals surface area (Å²) in [4.78, 5) is 23.9. The molecule has 16 heteroatoms. The number of piperidine rings is 1. The minimum Gasteiger partial charge on any atom is -0.494 e. The number of nitrogens with one attached hydrogen (secondary N) is 1. The first-order valence-electron chi connectivity index (χ1n) is 13.9. The van der Waals surface area contributed by atoms with Gasteiger partial charge in [-0.25, -0.2) is 26.9 Å². The minimum atomic E-state index is -3.47. The minimum absolute atomic E-state index is 0.00999. The van der Waals surface area contributed by atoms with E-state index >= 15 is 0 Å². The van der Waals surface area contributed by atoms with Gasteiger partial charge in [-0.05, 0) is 46.0 Å². The molecule has 230 valence electrons. The third kappa shape index (κ3) is 6.55. The van der Waals surface area contributed by atoms with Gasteiger partial charge in [-0.3, -0.25) is 4.57 Å². The largest absolute Gasteiger partial charge is 0.494 e. The van der Waals surface area contributed by atoms with Crippen molar-refractivity contribution in [1.82, 2.24) is 34.1 Å². The first kappa shape index (κ1) is 30.3. The van der Waals surface area contributed by atoms with Crippen molar-refractivity contribution in [3.63, 3.8) is 0 Å². The summed E-state index contributed by atoms with van der Waals surface area (Å²) in [5.74, 6) is 0.571. The second-order valence-electron chi connectivity index (χ2n) is 10.7. The summed E-state index contributed by atoms with van der Waals surface area (Å²) >= 11 is 0. The molecule has 1 unspecified atom stereocenters. The van der Waals surface area contributed by atoms with Crippen LogP contribution >= 0.6 is 0 Å². The molecule has 3 aromatic rings. The lowest BCUT2D eigenvalue weighted by Crippen LogP contribution is -2.47. The summed E-state index contributed by atoms with van der Waals surface area (Å²) in [6.45, 7) is 4.87. The molecule has 1 N–H and O–H groups in total. The fourth-order valence-electron chi connectivity index (χ4n) is 5.07. The van der Waals surface area contributed by atoms with Crippen molar-refractivity contribution in [2.45, 2.75) is 38.3 Å². The molecule has 2 aromatic heterocycles. The number of sulfonamides is 1. The first-order chi connectivity index (χ1) is 20.1. The van der Waals surface area contributed by atoms with Crippen molar-refractivity contribution < 1.29 is 26.7 Å². The van der Waals surface area contributed by atoms with Crippen LogP contribution in [-0.4, -0.2) is 116 Å². The molecule has 2 aliphatic heterocycles. The van der Waals surface area contributed by atoms with Crippen molar-refractivity contribution in [2.24, 2.45) is 0 Å². The predicted molar refractivity (Wildman–Crippen MR) is 154 cm³/mol. The van der Waals surface area contributed by atoms with Gasteiger partial charge in [0.15, 0.2) is 5.82 Å². The molecule has 4 heterocycles. The van der Waals surface area contributed by atoms with E-state index in [1.165, 1.54) is 11.7 Å². The highest BCUT2D eigenvalue weighted by Crippen LogP contribution is 2.32. The van der Waals surface area contributed by atoms with E-state index in [4.69, 9.17) is 14.5 Å². The summed E-state index contributed by atoms with van der Waals surface area (Å²) in [5.41, 5.74) is 0.664. The Balaban J connectivity index is 1.46. The van der Waals surface area contributed by atoms with E-state index in [-0.39, 0.29) is 29.3 Å². The number of morpholine rings is 1. The highest BCUT2D eigenvalue weighted by Gasteiger charge is 2.29. The van der Waals surface area contributed by atoms with E-state index in [9.17, 15) is 17.2 Å². The van der Waals surface area contributed by atoms with Crippen molar-refractivity contribution >= 4 is 33.0 Å². The third-order valence-electron chi connectivity index (χ3n) is 7.65. The van der Waals surface area contributed by atoms with Crippen LogP contribution in [0, 0.1) is 0 Å². The SMILES string of the molecule is COc1cccc2c1nc(C(F)F)n2-c1nc(N2CCOCC2)nc(N2CCC(NS(=O)(=O)CC(C)N(C)C)CC2)n1. The molecule has 1 atom stereocenters. The molecule has 0 bridgehead atoms. The van der Waals surface area contributed by atoms with E-state index in [1.54, 1.807) is 18.2 Å². The summed E-state index contributed by atoms with van der Waals surface area (Å²) < 4.78 is 69.0. The Hall–Kier alpha value is -3.21. The Bertz CT molecular complexity index is 1490. The van der Waals surface area contributed by atoms with Crippen molar-refractivity contribution in [1.29, 1.82) is 0 Å². The molecule has 13 nitrogen and oxygen atoms in total. The number of aromatic nitrogens is 5. The van der Waals surface area contributed by atoms with Gasteiger partial charge in [0.2, 0.25) is 27.9 Å². The molecule has 1 aromatic carbocycles. The first-order valence-corrected chi connectivity index (χ1v) is 15.6. The zero-order valence-corrected chi connectivity index (χ0v) is 25.0. The normalized spacial score (nSPS) is 17.9. The van der Waals surface area contributed by atoms with Gasteiger partial charge in [-0.2, -0.15) is 15.0 Å². The predicted octanol–water partition coefficient (Wildman–Crippen LogP) is 1.83. The number of benzene rings is 1. The fraction of sp³-hybridized carbons (Fsp3) is 0.615. The summed E-state index contributed by atoms with van der Waals surface area (Å²) in [7, 11) is 1.69. The monoisotopic (exact) mass is 609 g/mol. The molecular weight excluding hydrogens is 572 g/mol. The van der Waals surface area contributed by atoms with Crippen LogP contribution in [0.15, 0.2) is 18.2 Å². The highest BCUT2D eigenvalue weighted by molar-refractivity contribution is 7.89. The van der Waals surface area contributed by atoms with Crippen LogP contribution in [0.2, 0.25) is 0 Å². The van der Waals surface area contributed by atoms with Crippen LogP contribution < -0.4 is 19.3 Å². The Labute approximate surface area is 243 Å². The number of imidazole rings is 1. The van der Waals surface area contributed by atoms with Gasteiger partial charge < -0.3 is 24.2 Å². The van der Waals surface area contributed by atoms with Gasteiger partial charge in [-0.1, -0.05) is 6.07 Å². The average molecular weight is 610 g/mol. The smallest absolute Gasteiger partial charge is 0.296 e. The lowest BCUT2D eigenvalue weighted by molar-refractivity contribution is 0.122. The highest BCUT2D eigenvalue weighted by atomic mass is 32.2. The van der Waals surface area contributed by atoms with Gasteiger partial charge in [0, 0.05) is 38.3 Å². The number of alkyl halides is 2. The topological polar surface area (TPSA) is 131 Å². The Morgan fingerprint density at radius 1 is 1.02 bits per heavy atom. The quantitative estimate of drug-likeness (QED) is 0.361. The molecule has 2 fully saturated rings. The summed E-state index contributed by atoms with van der Waals surface area (Å²) in [6, 6.07) is 4.68. The Morgan fingerprint density at radius 2 is 1.64 bits per heavy atom. The van der Waals surface area contributed by atoms with E-state index in [1.807, 2.05) is 35.7 Å². The van der Waals surface area contributed by atoms with Crippen LogP contribution in [0.4, 0.5) is 20.7 Å². The summed E-state index contributed by atoms with van der Waals surface area (Å²) in [5, 5.41) is 0. The molecule has 42 heavy (non-hydrogen) atoms. The number of fused-ring (bicyclic) bond motifs is 1. The zero-order valence-electron chi connectivity index (χ0n) is 24.2. The zero-order chi connectivity index (χ0) is 30.0. The van der Waals surface area contributed by atoms with Crippen LogP contribution in [0.1, 0.15) is 32.0 Å². The van der Waals surface area contributed by atoms with Gasteiger partial charge >= 0.3 is 0 Å². The van der Waals surface area contributed by atoms with Crippen molar-refractivity contribution in [3.8, 4) is 11.7 Å². The van der Waals surface area contributed by atoms with E-state index < -0.39 is 22.3 Å². The number of methoxy groups -OCH3 is 1. The van der Waals surface area contributed by atoms with Gasteiger partial charge in [0.25, 0.3) is 6.43 Å². The van der Waals surface area contributed by atoms with Crippen molar-refractivity contribution in [2.75, 3.05) is 76.2 Å². The number of halogens is 2. The van der Waals surface area contributed by atoms with Gasteiger partial charge in [0.05, 0.1) is 31.6 Å². The average Bonchev–Trinajstić information content (AvgIpc) is 3.38. The maximum atomic E-state index is 14.3. The maximum absolute atomic E-state index is 14.3. The molecule has 0 aliphatic carbocycles. The number of ether oxygens (including phenoxy) is 2. The molecule has 0 spiro atoms. The third-order valence-corrected chi connectivity index (χ3v) is 9.26. The van der Waals surface area contributed by atoms with Crippen LogP contribution in [-0.2, 0) is 14.8 Å². The molecule has 0 saturated carbocycles. The number of hydrogen-bond acceptors (Lipinski definition) is 11. The Kier molecular flexibility index (Phi) is 9.05. The number of rotatable bonds is 10. The molecule has 2 saturated heterocycles. The number of para-hydroxylation sites is 1. The molecule has 2 aliphatic rings. The van der Waals surface area contributed by atoms with E-state index in [0.717, 1.165) is 0 Å². The number of hydrogen-bond donors (Lipinski definition) is 1.